The number of amides is 1. The van der Waals surface area contributed by atoms with Crippen molar-refractivity contribution >= 4 is 23.6 Å². The first-order valence-electron chi connectivity index (χ1n) is 3.91. The maximum absolute atomic E-state index is 10.6. The van der Waals surface area contributed by atoms with Gasteiger partial charge in [-0.1, -0.05) is 0 Å². The number of carbonyl (C=O) groups excluding carboxylic acids is 1. The minimum Gasteiger partial charge on any atom is -0.481 e. The van der Waals surface area contributed by atoms with Crippen LogP contribution in [0.25, 0.3) is 0 Å². The van der Waals surface area contributed by atoms with Gasteiger partial charge in [-0.25, -0.2) is 0 Å². The molecule has 0 saturated carbocycles. The van der Waals surface area contributed by atoms with Crippen LogP contribution in [0.4, 0.5) is 0 Å². The van der Waals surface area contributed by atoms with Crippen LogP contribution in [0.3, 0.4) is 0 Å². The molecule has 1 amide bonds. The fourth-order valence-electron chi connectivity index (χ4n) is 0.838. The van der Waals surface area contributed by atoms with Crippen LogP contribution in [0.1, 0.15) is 20.3 Å². The van der Waals surface area contributed by atoms with Crippen molar-refractivity contribution in [2.24, 2.45) is 0 Å². The zero-order valence-corrected chi connectivity index (χ0v) is 8.90. The lowest BCUT2D eigenvalue weighted by Gasteiger charge is -2.25. The van der Waals surface area contributed by atoms with Gasteiger partial charge in [-0.05, 0) is 13.2 Å². The summed E-state index contributed by atoms with van der Waals surface area (Å²) in [6.07, 6.45) is 1.89. The summed E-state index contributed by atoms with van der Waals surface area (Å²) < 4.78 is -0.419. The van der Waals surface area contributed by atoms with E-state index in [4.69, 9.17) is 5.11 Å². The Morgan fingerprint density at radius 3 is 2.38 bits per heavy atom. The molecule has 76 valence electrons. The standard InChI is InChI=1S/C8H15NO3S/c1-6(10)9-5-8(2,13-3)4-7(11)12/h4-5H2,1-3H3,(H,9,10)(H,11,12). The third kappa shape index (κ3) is 5.52. The zero-order chi connectivity index (χ0) is 10.5. The minimum absolute atomic E-state index is 0.0500. The number of hydrogen-bond acceptors (Lipinski definition) is 3. The van der Waals surface area contributed by atoms with E-state index in [-0.39, 0.29) is 12.3 Å². The molecule has 0 aromatic carbocycles. The average Bonchev–Trinajstić information content (AvgIpc) is 2.00. The van der Waals surface area contributed by atoms with Gasteiger partial charge in [0.05, 0.1) is 6.42 Å². The summed E-state index contributed by atoms with van der Waals surface area (Å²) in [4.78, 5) is 21.1. The molecule has 4 nitrogen and oxygen atoms in total. The molecule has 0 fully saturated rings. The van der Waals surface area contributed by atoms with E-state index >= 15 is 0 Å². The summed E-state index contributed by atoms with van der Waals surface area (Å²) in [5.41, 5.74) is 0. The van der Waals surface area contributed by atoms with Crippen molar-refractivity contribution in [3.63, 3.8) is 0 Å². The predicted molar refractivity (Wildman–Crippen MR) is 52.9 cm³/mol. The smallest absolute Gasteiger partial charge is 0.304 e. The largest absolute Gasteiger partial charge is 0.481 e. The molecule has 0 spiro atoms. The maximum Gasteiger partial charge on any atom is 0.304 e. The van der Waals surface area contributed by atoms with Crippen molar-refractivity contribution in [3.8, 4) is 0 Å². The fraction of sp³-hybridized carbons (Fsp3) is 0.750. The van der Waals surface area contributed by atoms with Gasteiger partial charge in [-0.2, -0.15) is 11.8 Å². The van der Waals surface area contributed by atoms with Gasteiger partial charge >= 0.3 is 5.97 Å². The zero-order valence-electron chi connectivity index (χ0n) is 8.09. The summed E-state index contributed by atoms with van der Waals surface area (Å²) in [6.45, 7) is 3.62. The number of thioether (sulfide) groups is 1. The van der Waals surface area contributed by atoms with E-state index in [0.29, 0.717) is 6.54 Å². The van der Waals surface area contributed by atoms with Crippen LogP contribution in [-0.2, 0) is 9.59 Å². The van der Waals surface area contributed by atoms with Crippen molar-refractivity contribution < 1.29 is 14.7 Å². The Bertz CT molecular complexity index is 208. The summed E-state index contributed by atoms with van der Waals surface area (Å²) >= 11 is 1.45. The van der Waals surface area contributed by atoms with E-state index in [1.54, 1.807) is 0 Å². The molecule has 2 N–H and O–H groups in total. The van der Waals surface area contributed by atoms with Gasteiger partial charge in [0.15, 0.2) is 0 Å². The summed E-state index contributed by atoms with van der Waals surface area (Å²) in [5.74, 6) is -0.979. The van der Waals surface area contributed by atoms with E-state index in [1.165, 1.54) is 18.7 Å². The first-order valence-corrected chi connectivity index (χ1v) is 5.13. The van der Waals surface area contributed by atoms with Gasteiger partial charge in [0.1, 0.15) is 0 Å². The van der Waals surface area contributed by atoms with Gasteiger partial charge in [-0.15, -0.1) is 0 Å². The Balaban J connectivity index is 4.10. The Kier molecular flexibility index (Phi) is 4.83. The van der Waals surface area contributed by atoms with Gasteiger partial charge < -0.3 is 10.4 Å². The molecular formula is C8H15NO3S. The highest BCUT2D eigenvalue weighted by Gasteiger charge is 2.26. The van der Waals surface area contributed by atoms with Crippen molar-refractivity contribution in [1.82, 2.24) is 5.32 Å². The molecule has 0 radical (unpaired) electrons. The summed E-state index contributed by atoms with van der Waals surface area (Å²) in [5, 5.41) is 11.2. The topological polar surface area (TPSA) is 66.4 Å². The van der Waals surface area contributed by atoms with Crippen LogP contribution >= 0.6 is 11.8 Å². The lowest BCUT2D eigenvalue weighted by atomic mass is 10.1. The molecule has 1 unspecified atom stereocenters. The molecule has 0 saturated heterocycles. The molecule has 13 heavy (non-hydrogen) atoms. The van der Waals surface area contributed by atoms with Crippen LogP contribution in [0.2, 0.25) is 0 Å². The lowest BCUT2D eigenvalue weighted by molar-refractivity contribution is -0.137. The number of carbonyl (C=O) groups is 2. The minimum atomic E-state index is -0.845. The Morgan fingerprint density at radius 1 is 1.54 bits per heavy atom. The van der Waals surface area contributed by atoms with Crippen molar-refractivity contribution in [2.45, 2.75) is 25.0 Å². The highest BCUT2D eigenvalue weighted by molar-refractivity contribution is 8.00. The van der Waals surface area contributed by atoms with E-state index in [9.17, 15) is 9.59 Å². The number of carboxylic acid groups (broad SMARTS) is 1. The van der Waals surface area contributed by atoms with E-state index < -0.39 is 10.7 Å². The van der Waals surface area contributed by atoms with Gasteiger partial charge in [0.2, 0.25) is 5.91 Å². The Hall–Kier alpha value is -0.710. The lowest BCUT2D eigenvalue weighted by Crippen LogP contribution is -2.38. The predicted octanol–water partition coefficient (Wildman–Crippen LogP) is 0.719. The second-order valence-electron chi connectivity index (χ2n) is 3.13. The third-order valence-corrected chi connectivity index (χ3v) is 3.00. The van der Waals surface area contributed by atoms with Crippen LogP contribution in [-0.4, -0.2) is 34.5 Å². The van der Waals surface area contributed by atoms with Gasteiger partial charge in [-0.3, -0.25) is 9.59 Å². The summed E-state index contributed by atoms with van der Waals surface area (Å²) in [6, 6.07) is 0. The third-order valence-electron chi connectivity index (χ3n) is 1.73. The molecule has 0 heterocycles. The fourth-order valence-corrected chi connectivity index (χ4v) is 1.32. The molecule has 0 aliphatic rings. The molecule has 0 aliphatic heterocycles. The maximum atomic E-state index is 10.6. The molecule has 0 bridgehead atoms. The highest BCUT2D eigenvalue weighted by atomic mass is 32.2. The highest BCUT2D eigenvalue weighted by Crippen LogP contribution is 2.25. The quantitative estimate of drug-likeness (QED) is 0.694. The van der Waals surface area contributed by atoms with Gasteiger partial charge in [0.25, 0.3) is 0 Å². The molecule has 5 heteroatoms. The second-order valence-corrected chi connectivity index (χ2v) is 4.53. The number of hydrogen-bond donors (Lipinski definition) is 2. The second kappa shape index (κ2) is 5.11. The molecule has 0 aliphatic carbocycles. The van der Waals surface area contributed by atoms with Crippen LogP contribution in [0, 0.1) is 0 Å². The number of rotatable bonds is 5. The molecular weight excluding hydrogens is 190 g/mol. The molecule has 0 aromatic heterocycles. The van der Waals surface area contributed by atoms with E-state index in [1.807, 2.05) is 13.2 Å². The normalized spacial score (nSPS) is 14.7. The number of nitrogens with one attached hydrogen (secondary N) is 1. The number of carboxylic acids is 1. The van der Waals surface area contributed by atoms with Crippen molar-refractivity contribution in [3.05, 3.63) is 0 Å². The SMILES string of the molecule is CSC(C)(CNC(C)=O)CC(=O)O. The van der Waals surface area contributed by atoms with E-state index in [0.717, 1.165) is 0 Å². The molecule has 0 aromatic rings. The molecule has 0 rings (SSSR count). The van der Waals surface area contributed by atoms with Crippen LogP contribution < -0.4 is 5.32 Å². The Labute approximate surface area is 82.1 Å². The monoisotopic (exact) mass is 205 g/mol. The first kappa shape index (κ1) is 12.3. The summed E-state index contributed by atoms with van der Waals surface area (Å²) in [7, 11) is 0. The van der Waals surface area contributed by atoms with Crippen molar-refractivity contribution in [1.29, 1.82) is 0 Å². The average molecular weight is 205 g/mol. The van der Waals surface area contributed by atoms with E-state index in [2.05, 4.69) is 5.32 Å². The van der Waals surface area contributed by atoms with Crippen molar-refractivity contribution in [2.75, 3.05) is 12.8 Å². The van der Waals surface area contributed by atoms with Gasteiger partial charge in [0, 0.05) is 18.2 Å². The first-order chi connectivity index (χ1) is 5.89. The van der Waals surface area contributed by atoms with Crippen LogP contribution in [0.15, 0.2) is 0 Å². The molecule has 1 atom stereocenters. The number of aliphatic carboxylic acids is 1. The Morgan fingerprint density at radius 2 is 2.08 bits per heavy atom. The van der Waals surface area contributed by atoms with Crippen LogP contribution in [0.5, 0.6) is 0 Å².